The maximum atomic E-state index is 11.2. The van der Waals surface area contributed by atoms with Crippen LogP contribution in [0.4, 0.5) is 0 Å². The van der Waals surface area contributed by atoms with Crippen LogP contribution in [0.1, 0.15) is 207 Å². The summed E-state index contributed by atoms with van der Waals surface area (Å²) in [5, 5.41) is 26.5. The lowest BCUT2D eigenvalue weighted by molar-refractivity contribution is -0.141. The predicted molar refractivity (Wildman–Crippen MR) is 260 cm³/mol. The number of hydrogen-bond acceptors (Lipinski definition) is 10. The van der Waals surface area contributed by atoms with Crippen LogP contribution in [0, 0.1) is 0 Å². The van der Waals surface area contributed by atoms with Gasteiger partial charge in [-0.05, 0) is 70.6 Å². The smallest absolute Gasteiger partial charge is 0.305 e. The molecule has 0 saturated heterocycles. The fraction of sp³-hybridized carbons (Fsp3) is 0.875. The second kappa shape index (κ2) is 49.0. The molecule has 7 nitrogen and oxygen atoms in total. The van der Waals surface area contributed by atoms with Crippen LogP contribution in [0.5, 0.6) is 0 Å². The first-order valence-electron chi connectivity index (χ1n) is 23.2. The molecule has 0 aromatic rings. The Bertz CT molecular complexity index is 918. The second-order valence-corrected chi connectivity index (χ2v) is 19.7. The summed E-state index contributed by atoms with van der Waals surface area (Å²) in [5.74, 6) is 2.04. The number of hydrogen-bond donors (Lipinski definition) is 4. The van der Waals surface area contributed by atoms with Crippen LogP contribution < -0.4 is 0 Å². The number of ether oxygens (including phenoxy) is 2. The van der Waals surface area contributed by atoms with E-state index in [4.69, 9.17) is 9.84 Å². The third-order valence-electron chi connectivity index (χ3n) is 10.3. The molecule has 2 atom stereocenters. The molecule has 0 aliphatic rings. The lowest BCUT2D eigenvalue weighted by Gasteiger charge is -2.33. The van der Waals surface area contributed by atoms with E-state index in [1.807, 2.05) is 23.5 Å². The van der Waals surface area contributed by atoms with E-state index in [0.29, 0.717) is 18.6 Å². The van der Waals surface area contributed by atoms with Gasteiger partial charge in [-0.3, -0.25) is 9.59 Å². The highest BCUT2D eigenvalue weighted by Crippen LogP contribution is 2.40. The van der Waals surface area contributed by atoms with E-state index in [1.54, 1.807) is 0 Å². The van der Waals surface area contributed by atoms with Gasteiger partial charge in [-0.1, -0.05) is 148 Å². The molecule has 0 aromatic heterocycles. The molecule has 10 heteroatoms. The Morgan fingerprint density at radius 1 is 0.517 bits per heavy atom. The number of aliphatic hydroxyl groups is 3. The molecular formula is C48H94O7S3. The van der Waals surface area contributed by atoms with Crippen LogP contribution in [0.25, 0.3) is 0 Å². The summed E-state index contributed by atoms with van der Waals surface area (Å²) < 4.78 is 9.81. The first kappa shape index (κ1) is 61.6. The van der Waals surface area contributed by atoms with E-state index in [0.717, 1.165) is 43.6 Å². The molecule has 58 heavy (non-hydrogen) atoms. The molecule has 0 spiro atoms. The Labute approximate surface area is 373 Å². The van der Waals surface area contributed by atoms with Crippen molar-refractivity contribution in [3.8, 4) is 0 Å². The molecule has 0 fully saturated rings. The van der Waals surface area contributed by atoms with Gasteiger partial charge in [0.2, 0.25) is 0 Å². The summed E-state index contributed by atoms with van der Waals surface area (Å²) in [6, 6.07) is 0. The Morgan fingerprint density at radius 3 is 1.26 bits per heavy atom. The topological polar surface area (TPSA) is 113 Å². The van der Waals surface area contributed by atoms with Crippen molar-refractivity contribution < 1.29 is 34.4 Å². The number of carbonyl (C=O) groups excluding carboxylic acids is 2. The van der Waals surface area contributed by atoms with Gasteiger partial charge >= 0.3 is 11.9 Å². The predicted octanol–water partition coefficient (Wildman–Crippen LogP) is 13.3. The van der Waals surface area contributed by atoms with Gasteiger partial charge in [0.05, 0.1) is 34.0 Å². The summed E-state index contributed by atoms with van der Waals surface area (Å²) in [4.78, 5) is 22.1. The van der Waals surface area contributed by atoms with Gasteiger partial charge < -0.3 is 24.8 Å². The maximum Gasteiger partial charge on any atom is 0.305 e. The Morgan fingerprint density at radius 2 is 0.862 bits per heavy atom. The Hall–Kier alpha value is -0.650. The average molecular weight is 879 g/mol. The molecular weight excluding hydrogens is 785 g/mol. The third-order valence-corrected chi connectivity index (χ3v) is 13.5. The summed E-state index contributed by atoms with van der Waals surface area (Å²) in [6.07, 6.45) is 41.8. The number of esters is 2. The monoisotopic (exact) mass is 879 g/mol. The van der Waals surface area contributed by atoms with Crippen molar-refractivity contribution in [1.29, 1.82) is 0 Å². The third kappa shape index (κ3) is 48.0. The fourth-order valence-corrected chi connectivity index (χ4v) is 8.97. The molecule has 0 heterocycles. The number of thioether (sulfide) groups is 2. The SMILES string of the molecule is CCCCC/C=C\C/C=C\CCCCCCCC(=O)OC.CCCCCCC(C)(CCCC(C)(CCCCCCCCC(=O)OC)SCCO)SCCO.OCCS. The Kier molecular flexibility index (Phi) is 52.1. The summed E-state index contributed by atoms with van der Waals surface area (Å²) >= 11 is 7.58. The van der Waals surface area contributed by atoms with Crippen molar-refractivity contribution >= 4 is 48.1 Å². The number of rotatable bonds is 39. The number of thiol groups is 1. The second-order valence-electron chi connectivity index (χ2n) is 15.9. The van der Waals surface area contributed by atoms with Crippen molar-refractivity contribution in [1.82, 2.24) is 0 Å². The molecule has 0 aliphatic heterocycles. The number of methoxy groups -OCH3 is 2. The lowest BCUT2D eigenvalue weighted by Crippen LogP contribution is -2.25. The van der Waals surface area contributed by atoms with E-state index in [-0.39, 0.29) is 41.3 Å². The maximum absolute atomic E-state index is 11.2. The molecule has 0 amide bonds. The average Bonchev–Trinajstić information content (AvgIpc) is 3.23. The van der Waals surface area contributed by atoms with Gasteiger partial charge in [0.25, 0.3) is 0 Å². The van der Waals surface area contributed by atoms with Crippen LogP contribution in [-0.4, -0.2) is 88.1 Å². The summed E-state index contributed by atoms with van der Waals surface area (Å²) in [5.41, 5.74) is 0. The van der Waals surface area contributed by atoms with Gasteiger partial charge in [-0.2, -0.15) is 36.2 Å². The first-order chi connectivity index (χ1) is 28.1. The van der Waals surface area contributed by atoms with Crippen LogP contribution >= 0.6 is 36.2 Å². The first-order valence-corrected chi connectivity index (χ1v) is 25.8. The van der Waals surface area contributed by atoms with Gasteiger partial charge in [0.1, 0.15) is 0 Å². The van der Waals surface area contributed by atoms with Crippen LogP contribution in [-0.2, 0) is 19.1 Å². The molecule has 2 unspecified atom stereocenters. The zero-order valence-electron chi connectivity index (χ0n) is 38.6. The van der Waals surface area contributed by atoms with Gasteiger partial charge in [-0.25, -0.2) is 0 Å². The van der Waals surface area contributed by atoms with E-state index < -0.39 is 0 Å². The van der Waals surface area contributed by atoms with Gasteiger partial charge in [0, 0.05) is 39.6 Å². The minimum atomic E-state index is -0.0986. The number of unbranched alkanes of at least 4 members (excludes halogenated alkanes) is 16. The van der Waals surface area contributed by atoms with Crippen LogP contribution in [0.2, 0.25) is 0 Å². The lowest BCUT2D eigenvalue weighted by atomic mass is 9.91. The minimum absolute atomic E-state index is 0.0827. The molecule has 0 radical (unpaired) electrons. The molecule has 0 aliphatic carbocycles. The quantitative estimate of drug-likeness (QED) is 0.0207. The van der Waals surface area contributed by atoms with E-state index in [2.05, 4.69) is 69.4 Å². The normalized spacial score (nSPS) is 13.3. The summed E-state index contributed by atoms with van der Waals surface area (Å²) in [6.45, 7) is 10.00. The highest BCUT2D eigenvalue weighted by atomic mass is 32.2. The van der Waals surface area contributed by atoms with Crippen molar-refractivity contribution in [3.05, 3.63) is 24.3 Å². The summed E-state index contributed by atoms with van der Waals surface area (Å²) in [7, 11) is 2.91. The molecule has 0 rings (SSSR count). The molecule has 3 N–H and O–H groups in total. The van der Waals surface area contributed by atoms with Gasteiger partial charge in [0.15, 0.2) is 0 Å². The van der Waals surface area contributed by atoms with Crippen molar-refractivity contribution in [3.63, 3.8) is 0 Å². The highest BCUT2D eigenvalue weighted by Gasteiger charge is 2.28. The van der Waals surface area contributed by atoms with Crippen molar-refractivity contribution in [2.45, 2.75) is 217 Å². The number of aliphatic hydroxyl groups excluding tert-OH is 3. The van der Waals surface area contributed by atoms with Crippen LogP contribution in [0.3, 0.4) is 0 Å². The van der Waals surface area contributed by atoms with E-state index >= 15 is 0 Å². The fourth-order valence-electron chi connectivity index (χ4n) is 6.65. The minimum Gasteiger partial charge on any atom is -0.469 e. The molecule has 0 bridgehead atoms. The van der Waals surface area contributed by atoms with Crippen molar-refractivity contribution in [2.24, 2.45) is 0 Å². The zero-order chi connectivity index (χ0) is 43.9. The van der Waals surface area contributed by atoms with Crippen LogP contribution in [0.15, 0.2) is 24.3 Å². The zero-order valence-corrected chi connectivity index (χ0v) is 41.1. The molecule has 0 saturated carbocycles. The van der Waals surface area contributed by atoms with Gasteiger partial charge in [-0.15, -0.1) is 0 Å². The molecule has 0 aromatic carbocycles. The Balaban J connectivity index is -0.00000103. The standard InChI is InChI=1S/C27H54O4S2.C19H34O2.C2H6OS/c1-5-6-7-13-17-26(2,32-23-21-28)19-15-20-27(3,33-24-22-29)18-14-11-9-8-10-12-16-25(30)31-4;1-3-4-5-6-7-8-9-10-11-12-13-14-15-16-17-18-19(20)21-2;3-1-2-4/h28-29H,5-24H2,1-4H3;7-8,10-11H,3-6,9,12-18H2,1-2H3;3-4H,1-2H2/b;8-7-,11-10-;. The van der Waals surface area contributed by atoms with E-state index in [9.17, 15) is 19.8 Å². The largest absolute Gasteiger partial charge is 0.469 e. The van der Waals surface area contributed by atoms with Crippen molar-refractivity contribution in [2.75, 3.05) is 51.3 Å². The molecule has 346 valence electrons. The highest BCUT2D eigenvalue weighted by molar-refractivity contribution is 8.00. The van der Waals surface area contributed by atoms with E-state index in [1.165, 1.54) is 149 Å². The number of carbonyl (C=O) groups is 2. The number of allylic oxidation sites excluding steroid dienone is 4.